The smallest absolute Gasteiger partial charge is 0.387 e. The first-order valence-electron chi connectivity index (χ1n) is 8.87. The molecule has 0 spiro atoms. The van der Waals surface area contributed by atoms with Gasteiger partial charge in [0.25, 0.3) is 0 Å². The maximum absolute atomic E-state index is 12.5. The molecule has 1 N–H and O–H groups in total. The molecule has 1 amide bonds. The zero-order valence-corrected chi connectivity index (χ0v) is 16.2. The van der Waals surface area contributed by atoms with Crippen molar-refractivity contribution in [3.63, 3.8) is 0 Å². The highest BCUT2D eigenvalue weighted by molar-refractivity contribution is 8.00. The Kier molecular flexibility index (Phi) is 5.89. The molecule has 0 aliphatic heterocycles. The maximum atomic E-state index is 12.5. The Labute approximate surface area is 174 Å². The maximum Gasteiger partial charge on any atom is 0.387 e. The number of thioether (sulfide) groups is 1. The van der Waals surface area contributed by atoms with E-state index in [9.17, 15) is 13.6 Å². The lowest BCUT2D eigenvalue weighted by molar-refractivity contribution is -0.113. The highest BCUT2D eigenvalue weighted by Gasteiger charge is 2.15. The van der Waals surface area contributed by atoms with Crippen LogP contribution in [-0.4, -0.2) is 28.2 Å². The average molecular weight is 427 g/mol. The van der Waals surface area contributed by atoms with Gasteiger partial charge in [-0.25, -0.2) is 9.97 Å². The number of nitrogens with zero attached hydrogens (tertiary/aromatic N) is 2. The van der Waals surface area contributed by atoms with Crippen molar-refractivity contribution in [3.8, 4) is 17.3 Å². The van der Waals surface area contributed by atoms with Crippen LogP contribution in [-0.2, 0) is 4.79 Å². The number of hydrogen-bond donors (Lipinski definition) is 1. The van der Waals surface area contributed by atoms with E-state index in [4.69, 9.17) is 4.42 Å². The fourth-order valence-corrected chi connectivity index (χ4v) is 3.58. The number of carbonyl (C=O) groups is 1. The molecule has 4 aromatic rings. The van der Waals surface area contributed by atoms with Crippen LogP contribution in [0.5, 0.6) is 5.75 Å². The summed E-state index contributed by atoms with van der Waals surface area (Å²) < 4.78 is 34.9. The second-order valence-electron chi connectivity index (χ2n) is 6.06. The Morgan fingerprint density at radius 1 is 1.07 bits per heavy atom. The average Bonchev–Trinajstić information content (AvgIpc) is 3.28. The third-order valence-electron chi connectivity index (χ3n) is 4.03. The molecule has 0 aliphatic carbocycles. The number of anilines is 1. The van der Waals surface area contributed by atoms with Crippen LogP contribution in [0.4, 0.5) is 14.5 Å². The quantitative estimate of drug-likeness (QED) is 0.322. The second-order valence-corrected chi connectivity index (χ2v) is 7.02. The monoisotopic (exact) mass is 427 g/mol. The summed E-state index contributed by atoms with van der Waals surface area (Å²) in [4.78, 5) is 21.5. The van der Waals surface area contributed by atoms with Gasteiger partial charge in [-0.2, -0.15) is 8.78 Å². The van der Waals surface area contributed by atoms with Crippen LogP contribution >= 0.6 is 11.8 Å². The van der Waals surface area contributed by atoms with Gasteiger partial charge in [-0.15, -0.1) is 0 Å². The number of halogens is 2. The van der Waals surface area contributed by atoms with Gasteiger partial charge in [0.15, 0.2) is 11.6 Å². The Morgan fingerprint density at radius 3 is 2.67 bits per heavy atom. The number of ether oxygens (including phenoxy) is 1. The molecule has 0 bridgehead atoms. The molecule has 0 atom stereocenters. The van der Waals surface area contributed by atoms with Crippen molar-refractivity contribution in [2.75, 3.05) is 11.1 Å². The fraction of sp³-hybridized carbons (Fsp3) is 0.0952. The van der Waals surface area contributed by atoms with Crippen LogP contribution in [0.1, 0.15) is 0 Å². The minimum Gasteiger partial charge on any atom is -0.461 e. The third kappa shape index (κ3) is 4.57. The Balaban J connectivity index is 1.53. The van der Waals surface area contributed by atoms with E-state index in [1.54, 1.807) is 24.3 Å². The van der Waals surface area contributed by atoms with Crippen molar-refractivity contribution < 1.29 is 22.7 Å². The molecular weight excluding hydrogens is 412 g/mol. The molecule has 152 valence electrons. The van der Waals surface area contributed by atoms with E-state index in [1.165, 1.54) is 30.2 Å². The van der Waals surface area contributed by atoms with Crippen molar-refractivity contribution >= 4 is 34.3 Å². The molecule has 6 nitrogen and oxygen atoms in total. The summed E-state index contributed by atoms with van der Waals surface area (Å²) in [7, 11) is 0. The van der Waals surface area contributed by atoms with Gasteiger partial charge in [0, 0.05) is 5.39 Å². The summed E-state index contributed by atoms with van der Waals surface area (Å²) in [6.07, 6.45) is 1.53. The van der Waals surface area contributed by atoms with Crippen LogP contribution in [0.15, 0.2) is 76.4 Å². The standard InChI is InChI=1S/C21H15F2N3O3S/c22-21(23)29-16-9-4-3-8-15(16)24-18(27)12-30-20-13-6-1-2-7-14(13)25-19(26-20)17-10-5-11-28-17/h1-11,21H,12H2,(H,24,27). The van der Waals surface area contributed by atoms with Crippen LogP contribution in [0, 0.1) is 0 Å². The molecule has 4 rings (SSSR count). The Morgan fingerprint density at radius 2 is 1.87 bits per heavy atom. The van der Waals surface area contributed by atoms with Crippen molar-refractivity contribution in [1.82, 2.24) is 9.97 Å². The molecule has 9 heteroatoms. The first-order valence-corrected chi connectivity index (χ1v) is 9.86. The minimum absolute atomic E-state index is 0.0155. The number of furan rings is 1. The van der Waals surface area contributed by atoms with Gasteiger partial charge in [-0.05, 0) is 30.3 Å². The second kappa shape index (κ2) is 8.91. The number of fused-ring (bicyclic) bond motifs is 1. The predicted molar refractivity (Wildman–Crippen MR) is 110 cm³/mol. The summed E-state index contributed by atoms with van der Waals surface area (Å²) >= 11 is 1.21. The van der Waals surface area contributed by atoms with Gasteiger partial charge in [-0.3, -0.25) is 4.79 Å². The first-order chi connectivity index (χ1) is 14.6. The minimum atomic E-state index is -2.98. The van der Waals surface area contributed by atoms with E-state index >= 15 is 0 Å². The van der Waals surface area contributed by atoms with Crippen molar-refractivity contribution in [3.05, 3.63) is 66.9 Å². The molecule has 0 unspecified atom stereocenters. The van der Waals surface area contributed by atoms with Crippen LogP contribution < -0.4 is 10.1 Å². The predicted octanol–water partition coefficient (Wildman–Crippen LogP) is 5.22. The number of para-hydroxylation sites is 3. The highest BCUT2D eigenvalue weighted by Crippen LogP contribution is 2.29. The zero-order valence-electron chi connectivity index (χ0n) is 15.4. The van der Waals surface area contributed by atoms with Gasteiger partial charge >= 0.3 is 6.61 Å². The molecule has 0 saturated carbocycles. The molecule has 0 aliphatic rings. The summed E-state index contributed by atoms with van der Waals surface area (Å²) in [6, 6.07) is 17.0. The zero-order chi connectivity index (χ0) is 20.9. The molecule has 0 radical (unpaired) electrons. The molecule has 2 aromatic carbocycles. The van der Waals surface area contributed by atoms with Crippen molar-refractivity contribution in [2.45, 2.75) is 11.6 Å². The molecule has 2 aromatic heterocycles. The van der Waals surface area contributed by atoms with E-state index in [0.717, 1.165) is 10.9 Å². The number of rotatable bonds is 7. The van der Waals surface area contributed by atoms with E-state index in [1.807, 2.05) is 24.3 Å². The first kappa shape index (κ1) is 19.8. The number of amides is 1. The molecule has 0 saturated heterocycles. The topological polar surface area (TPSA) is 77.2 Å². The Bertz CT molecular complexity index is 1170. The van der Waals surface area contributed by atoms with Gasteiger partial charge in [0.05, 0.1) is 23.2 Å². The van der Waals surface area contributed by atoms with Gasteiger partial charge in [0.1, 0.15) is 10.8 Å². The molecular formula is C21H15F2N3O3S. The van der Waals surface area contributed by atoms with E-state index in [0.29, 0.717) is 16.6 Å². The molecule has 0 fully saturated rings. The lowest BCUT2D eigenvalue weighted by Crippen LogP contribution is -2.15. The van der Waals surface area contributed by atoms with Crippen molar-refractivity contribution in [2.24, 2.45) is 0 Å². The van der Waals surface area contributed by atoms with Crippen LogP contribution in [0.25, 0.3) is 22.5 Å². The highest BCUT2D eigenvalue weighted by atomic mass is 32.2. The Hall–Kier alpha value is -3.46. The fourth-order valence-electron chi connectivity index (χ4n) is 2.76. The largest absolute Gasteiger partial charge is 0.461 e. The molecule has 30 heavy (non-hydrogen) atoms. The van der Waals surface area contributed by atoms with Crippen LogP contribution in [0.2, 0.25) is 0 Å². The number of benzene rings is 2. The lowest BCUT2D eigenvalue weighted by Gasteiger charge is -2.12. The summed E-state index contributed by atoms with van der Waals surface area (Å²) in [5.41, 5.74) is 0.893. The van der Waals surface area contributed by atoms with Crippen molar-refractivity contribution in [1.29, 1.82) is 0 Å². The number of alkyl halides is 2. The number of aromatic nitrogens is 2. The van der Waals surface area contributed by atoms with E-state index in [-0.39, 0.29) is 23.1 Å². The van der Waals surface area contributed by atoms with E-state index < -0.39 is 6.61 Å². The SMILES string of the molecule is O=C(CSc1nc(-c2ccco2)nc2ccccc12)Nc1ccccc1OC(F)F. The number of nitrogens with one attached hydrogen (secondary N) is 1. The van der Waals surface area contributed by atoms with Gasteiger partial charge < -0.3 is 14.5 Å². The third-order valence-corrected chi connectivity index (χ3v) is 5.02. The number of hydrogen-bond acceptors (Lipinski definition) is 6. The normalized spacial score (nSPS) is 11.0. The summed E-state index contributed by atoms with van der Waals surface area (Å²) in [5, 5.41) is 4.00. The molecule has 2 heterocycles. The summed E-state index contributed by atoms with van der Waals surface area (Å²) in [6.45, 7) is -2.98. The summed E-state index contributed by atoms with van der Waals surface area (Å²) in [5.74, 6) is 0.468. The van der Waals surface area contributed by atoms with E-state index in [2.05, 4.69) is 20.0 Å². The lowest BCUT2D eigenvalue weighted by atomic mass is 10.2. The van der Waals surface area contributed by atoms with Gasteiger partial charge in [0.2, 0.25) is 5.91 Å². The van der Waals surface area contributed by atoms with Gasteiger partial charge in [-0.1, -0.05) is 42.1 Å². The van der Waals surface area contributed by atoms with Crippen LogP contribution in [0.3, 0.4) is 0 Å². The number of carbonyl (C=O) groups excluding carboxylic acids is 1.